The maximum atomic E-state index is 12.9. The van der Waals surface area contributed by atoms with E-state index in [1.165, 1.54) is 12.1 Å². The van der Waals surface area contributed by atoms with Gasteiger partial charge < -0.3 is 5.32 Å². The summed E-state index contributed by atoms with van der Waals surface area (Å²) in [4.78, 5) is 12.6. The molecule has 2 aromatic carbocycles. The Balaban J connectivity index is 1.59. The van der Waals surface area contributed by atoms with E-state index in [1.54, 1.807) is 23.7 Å². The van der Waals surface area contributed by atoms with Gasteiger partial charge in [-0.2, -0.15) is 5.10 Å². The standard InChI is InChI=1S/C20H20FN5OS/c1-13-18(14(2)26(25-13)17-6-4-3-5-7-17)19(27)23-24-20(28)22-12-15-8-10-16(21)11-9-15/h3-11H,12H2,1-2H3,(H,23,27)(H2,22,24,28). The highest BCUT2D eigenvalue weighted by molar-refractivity contribution is 7.80. The highest BCUT2D eigenvalue weighted by Gasteiger charge is 2.19. The van der Waals surface area contributed by atoms with Gasteiger partial charge in [0.1, 0.15) is 5.82 Å². The first-order valence-corrected chi connectivity index (χ1v) is 9.07. The van der Waals surface area contributed by atoms with Crippen LogP contribution in [0.1, 0.15) is 27.3 Å². The van der Waals surface area contributed by atoms with Gasteiger partial charge in [-0.05, 0) is 55.9 Å². The molecule has 0 unspecified atom stereocenters. The van der Waals surface area contributed by atoms with E-state index in [9.17, 15) is 9.18 Å². The Bertz CT molecular complexity index is 986. The molecule has 1 aromatic heterocycles. The molecular formula is C20H20FN5OS. The molecule has 0 saturated heterocycles. The monoisotopic (exact) mass is 397 g/mol. The lowest BCUT2D eigenvalue weighted by Gasteiger charge is -2.12. The number of carbonyl (C=O) groups excluding carboxylic acids is 1. The van der Waals surface area contributed by atoms with Crippen molar-refractivity contribution in [2.45, 2.75) is 20.4 Å². The van der Waals surface area contributed by atoms with Crippen molar-refractivity contribution in [3.05, 3.63) is 82.9 Å². The summed E-state index contributed by atoms with van der Waals surface area (Å²) < 4.78 is 14.7. The molecule has 1 amide bonds. The zero-order valence-corrected chi connectivity index (χ0v) is 16.3. The van der Waals surface area contributed by atoms with Gasteiger partial charge in [0.2, 0.25) is 0 Å². The summed E-state index contributed by atoms with van der Waals surface area (Å²) in [5, 5.41) is 7.66. The summed E-state index contributed by atoms with van der Waals surface area (Å²) in [6.45, 7) is 4.03. The molecule has 0 atom stereocenters. The molecule has 3 N–H and O–H groups in total. The molecule has 0 spiro atoms. The third kappa shape index (κ3) is 4.52. The number of carbonyl (C=O) groups is 1. The second-order valence-electron chi connectivity index (χ2n) is 6.18. The van der Waals surface area contributed by atoms with Crippen LogP contribution >= 0.6 is 12.2 Å². The first-order valence-electron chi connectivity index (χ1n) is 8.66. The van der Waals surface area contributed by atoms with Crippen molar-refractivity contribution in [1.82, 2.24) is 25.9 Å². The summed E-state index contributed by atoms with van der Waals surface area (Å²) in [6.07, 6.45) is 0. The molecule has 0 saturated carbocycles. The normalized spacial score (nSPS) is 10.4. The van der Waals surface area contributed by atoms with E-state index < -0.39 is 0 Å². The van der Waals surface area contributed by atoms with Gasteiger partial charge in [0.25, 0.3) is 5.91 Å². The molecule has 0 aliphatic rings. The van der Waals surface area contributed by atoms with Gasteiger partial charge in [-0.3, -0.25) is 15.6 Å². The molecule has 0 radical (unpaired) electrons. The minimum Gasteiger partial charge on any atom is -0.357 e. The van der Waals surface area contributed by atoms with Gasteiger partial charge in [0, 0.05) is 6.54 Å². The highest BCUT2D eigenvalue weighted by atomic mass is 32.1. The second-order valence-corrected chi connectivity index (χ2v) is 6.59. The molecule has 0 bridgehead atoms. The van der Waals surface area contributed by atoms with Gasteiger partial charge in [-0.1, -0.05) is 30.3 Å². The van der Waals surface area contributed by atoms with Crippen LogP contribution in [0.5, 0.6) is 0 Å². The minimum absolute atomic E-state index is 0.253. The van der Waals surface area contributed by atoms with E-state index in [1.807, 2.05) is 37.3 Å². The van der Waals surface area contributed by atoms with Gasteiger partial charge in [0.15, 0.2) is 5.11 Å². The number of nitrogens with one attached hydrogen (secondary N) is 3. The van der Waals surface area contributed by atoms with Gasteiger partial charge >= 0.3 is 0 Å². The van der Waals surface area contributed by atoms with Crippen LogP contribution in [0.2, 0.25) is 0 Å². The lowest BCUT2D eigenvalue weighted by Crippen LogP contribution is -2.46. The Morgan fingerprint density at radius 1 is 1.07 bits per heavy atom. The Morgan fingerprint density at radius 2 is 1.75 bits per heavy atom. The number of rotatable bonds is 4. The topological polar surface area (TPSA) is 71.0 Å². The fourth-order valence-electron chi connectivity index (χ4n) is 2.80. The number of hydrazine groups is 1. The van der Waals surface area contributed by atoms with Crippen molar-refractivity contribution >= 4 is 23.2 Å². The number of thiocarbonyl (C=S) groups is 1. The number of para-hydroxylation sites is 1. The number of aromatic nitrogens is 2. The lowest BCUT2D eigenvalue weighted by atomic mass is 10.2. The number of halogens is 1. The number of nitrogens with zero attached hydrogens (tertiary/aromatic N) is 2. The van der Waals surface area contributed by atoms with E-state index in [0.717, 1.165) is 16.9 Å². The molecule has 6 nitrogen and oxygen atoms in total. The minimum atomic E-state index is -0.330. The van der Waals surface area contributed by atoms with Crippen LogP contribution in [0.4, 0.5) is 4.39 Å². The molecule has 8 heteroatoms. The molecule has 144 valence electrons. The smallest absolute Gasteiger partial charge is 0.273 e. The zero-order valence-electron chi connectivity index (χ0n) is 15.5. The summed E-state index contributed by atoms with van der Waals surface area (Å²) >= 11 is 5.16. The predicted octanol–water partition coefficient (Wildman–Crippen LogP) is 2.94. The third-order valence-electron chi connectivity index (χ3n) is 4.18. The van der Waals surface area contributed by atoms with Crippen LogP contribution in [0, 0.1) is 19.7 Å². The molecule has 1 heterocycles. The van der Waals surface area contributed by atoms with E-state index in [4.69, 9.17) is 12.2 Å². The second kappa shape index (κ2) is 8.62. The molecule has 0 aliphatic heterocycles. The van der Waals surface area contributed by atoms with Crippen LogP contribution in [-0.4, -0.2) is 20.8 Å². The fourth-order valence-corrected chi connectivity index (χ4v) is 2.92. The Morgan fingerprint density at radius 3 is 2.43 bits per heavy atom. The number of hydrogen-bond acceptors (Lipinski definition) is 3. The average molecular weight is 397 g/mol. The Hall–Kier alpha value is -3.26. The predicted molar refractivity (Wildman–Crippen MR) is 109 cm³/mol. The Labute approximate surface area is 167 Å². The van der Waals surface area contributed by atoms with Crippen LogP contribution < -0.4 is 16.2 Å². The molecular weight excluding hydrogens is 377 g/mol. The van der Waals surface area contributed by atoms with Crippen molar-refractivity contribution < 1.29 is 9.18 Å². The maximum Gasteiger partial charge on any atom is 0.273 e. The highest BCUT2D eigenvalue weighted by Crippen LogP contribution is 2.17. The summed E-state index contributed by atoms with van der Waals surface area (Å²) in [7, 11) is 0. The number of amides is 1. The van der Waals surface area contributed by atoms with E-state index in [2.05, 4.69) is 21.3 Å². The fraction of sp³-hybridized carbons (Fsp3) is 0.150. The number of benzene rings is 2. The Kier molecular flexibility index (Phi) is 6.00. The molecule has 28 heavy (non-hydrogen) atoms. The molecule has 0 fully saturated rings. The summed E-state index contributed by atoms with van der Waals surface area (Å²) in [5.74, 6) is -0.624. The average Bonchev–Trinajstić information content (AvgIpc) is 3.00. The van der Waals surface area contributed by atoms with Gasteiger partial charge in [-0.15, -0.1) is 0 Å². The molecule has 0 aliphatic carbocycles. The van der Waals surface area contributed by atoms with Gasteiger partial charge in [0.05, 0.1) is 22.6 Å². The third-order valence-corrected chi connectivity index (χ3v) is 4.42. The van der Waals surface area contributed by atoms with E-state index in [-0.39, 0.29) is 16.8 Å². The number of aryl methyl sites for hydroxylation is 1. The van der Waals surface area contributed by atoms with Crippen LogP contribution in [0.25, 0.3) is 5.69 Å². The largest absolute Gasteiger partial charge is 0.357 e. The quantitative estimate of drug-likeness (QED) is 0.466. The summed E-state index contributed by atoms with van der Waals surface area (Å²) in [5.41, 5.74) is 8.84. The van der Waals surface area contributed by atoms with Crippen LogP contribution in [0.3, 0.4) is 0 Å². The van der Waals surface area contributed by atoms with Crippen molar-refractivity contribution in [1.29, 1.82) is 0 Å². The first kappa shape index (κ1) is 19.5. The number of hydrogen-bond donors (Lipinski definition) is 3. The van der Waals surface area contributed by atoms with Crippen molar-refractivity contribution in [2.75, 3.05) is 0 Å². The summed E-state index contributed by atoms with van der Waals surface area (Å²) in [6, 6.07) is 15.7. The SMILES string of the molecule is Cc1nn(-c2ccccc2)c(C)c1C(=O)NNC(=S)NCc1ccc(F)cc1. The lowest BCUT2D eigenvalue weighted by molar-refractivity contribution is 0.0942. The van der Waals surface area contributed by atoms with E-state index >= 15 is 0 Å². The van der Waals surface area contributed by atoms with Crippen LogP contribution in [0.15, 0.2) is 54.6 Å². The molecule has 3 aromatic rings. The molecule has 3 rings (SSSR count). The maximum absolute atomic E-state index is 12.9. The van der Waals surface area contributed by atoms with Crippen LogP contribution in [-0.2, 0) is 6.54 Å². The van der Waals surface area contributed by atoms with Crippen molar-refractivity contribution in [2.24, 2.45) is 0 Å². The van der Waals surface area contributed by atoms with E-state index in [0.29, 0.717) is 17.8 Å². The van der Waals surface area contributed by atoms with Crippen molar-refractivity contribution in [3.63, 3.8) is 0 Å². The van der Waals surface area contributed by atoms with Crippen molar-refractivity contribution in [3.8, 4) is 5.69 Å². The first-order chi connectivity index (χ1) is 13.5. The zero-order chi connectivity index (χ0) is 20.1. The van der Waals surface area contributed by atoms with Gasteiger partial charge in [-0.25, -0.2) is 9.07 Å².